The summed E-state index contributed by atoms with van der Waals surface area (Å²) in [6.45, 7) is 1.97. The fourth-order valence-electron chi connectivity index (χ4n) is 2.88. The summed E-state index contributed by atoms with van der Waals surface area (Å²) in [5.74, 6) is 0.616. The van der Waals surface area contributed by atoms with Crippen LogP contribution in [0.3, 0.4) is 0 Å². The van der Waals surface area contributed by atoms with Crippen molar-refractivity contribution in [3.05, 3.63) is 64.4 Å². The first-order valence-electron chi connectivity index (χ1n) is 7.01. The summed E-state index contributed by atoms with van der Waals surface area (Å²) >= 11 is 0. The van der Waals surface area contributed by atoms with E-state index in [4.69, 9.17) is 0 Å². The maximum Gasteiger partial charge on any atom is 0.265 e. The molecule has 5 heteroatoms. The van der Waals surface area contributed by atoms with Gasteiger partial charge >= 0.3 is 0 Å². The van der Waals surface area contributed by atoms with Gasteiger partial charge < -0.3 is 4.98 Å². The van der Waals surface area contributed by atoms with Crippen molar-refractivity contribution < 1.29 is 0 Å². The van der Waals surface area contributed by atoms with E-state index in [0.29, 0.717) is 11.4 Å². The van der Waals surface area contributed by atoms with Gasteiger partial charge in [0.1, 0.15) is 5.82 Å². The van der Waals surface area contributed by atoms with Crippen molar-refractivity contribution in [2.24, 2.45) is 0 Å². The highest BCUT2D eigenvalue weighted by Gasteiger charge is 2.16. The molecule has 108 valence electrons. The molecule has 1 N–H and O–H groups in total. The van der Waals surface area contributed by atoms with Crippen molar-refractivity contribution in [2.45, 2.75) is 6.92 Å². The minimum absolute atomic E-state index is 0.0692. The summed E-state index contributed by atoms with van der Waals surface area (Å²) in [7, 11) is 2.50. The van der Waals surface area contributed by atoms with Gasteiger partial charge in [0.15, 0.2) is 0 Å². The van der Waals surface area contributed by atoms with Gasteiger partial charge in [0.05, 0.1) is 22.1 Å². The van der Waals surface area contributed by atoms with Crippen molar-refractivity contribution in [1.82, 2.24) is 14.3 Å². The minimum Gasteiger partial charge on any atom is -0.338 e. The average Bonchev–Trinajstić information content (AvgIpc) is 2.96. The molecule has 0 aliphatic heterocycles. The van der Waals surface area contributed by atoms with E-state index in [0.717, 1.165) is 27.5 Å². The number of fused-ring (bicyclic) bond motifs is 2. The number of rotatable bonds is 1. The molecule has 2 heterocycles. The first kappa shape index (κ1) is 13.2. The van der Waals surface area contributed by atoms with Crippen LogP contribution in [-0.4, -0.2) is 14.3 Å². The first-order chi connectivity index (χ1) is 10.7. The third kappa shape index (κ3) is 1.81. The molecule has 0 radical (unpaired) electrons. The van der Waals surface area contributed by atoms with Gasteiger partial charge in [-0.25, -0.2) is 4.98 Å². The van der Waals surface area contributed by atoms with Crippen molar-refractivity contribution in [2.75, 3.05) is 0 Å². The number of hydrogen-bond donors (Lipinski definition) is 1. The van der Waals surface area contributed by atoms with Gasteiger partial charge in [0, 0.05) is 5.39 Å². The zero-order chi connectivity index (χ0) is 15.3. The number of H-pyrrole nitrogens is 1. The SMILES string of the molecule is Cc1c(-c2nc3ccccc3[nH]2)c(=O)n(P)c2ccccc12. The second-order valence-corrected chi connectivity index (χ2v) is 5.81. The Morgan fingerprint density at radius 2 is 1.82 bits per heavy atom. The van der Waals surface area contributed by atoms with Crippen LogP contribution in [0.15, 0.2) is 53.3 Å². The number of para-hydroxylation sites is 3. The largest absolute Gasteiger partial charge is 0.338 e. The number of aromatic nitrogens is 3. The molecule has 0 spiro atoms. The molecule has 0 saturated carbocycles. The predicted octanol–water partition coefficient (Wildman–Crippen LogP) is 3.49. The lowest BCUT2D eigenvalue weighted by molar-refractivity contribution is 1.17. The molecule has 1 atom stereocenters. The number of nitrogens with zero attached hydrogens (tertiary/aromatic N) is 2. The molecule has 0 aliphatic carbocycles. The molecular weight excluding hydrogens is 293 g/mol. The summed E-state index contributed by atoms with van der Waals surface area (Å²) in [4.78, 5) is 20.6. The Balaban J connectivity index is 2.12. The lowest BCUT2D eigenvalue weighted by atomic mass is 10.0. The summed E-state index contributed by atoms with van der Waals surface area (Å²) in [6.07, 6.45) is 0. The first-order valence-corrected chi connectivity index (χ1v) is 7.53. The van der Waals surface area contributed by atoms with Crippen LogP contribution in [0.2, 0.25) is 0 Å². The highest BCUT2D eigenvalue weighted by Crippen LogP contribution is 2.27. The van der Waals surface area contributed by atoms with E-state index < -0.39 is 0 Å². The molecule has 0 aliphatic rings. The van der Waals surface area contributed by atoms with Gasteiger partial charge in [-0.3, -0.25) is 9.13 Å². The maximum atomic E-state index is 12.8. The van der Waals surface area contributed by atoms with Crippen molar-refractivity contribution in [3.8, 4) is 11.4 Å². The zero-order valence-electron chi connectivity index (χ0n) is 12.0. The van der Waals surface area contributed by atoms with Crippen LogP contribution in [0.5, 0.6) is 0 Å². The Morgan fingerprint density at radius 3 is 2.64 bits per heavy atom. The van der Waals surface area contributed by atoms with Gasteiger partial charge in [-0.2, -0.15) is 0 Å². The molecule has 2 aromatic carbocycles. The highest BCUT2D eigenvalue weighted by molar-refractivity contribution is 7.14. The summed E-state index contributed by atoms with van der Waals surface area (Å²) in [5.41, 5.74) is 4.18. The number of hydrogen-bond acceptors (Lipinski definition) is 2. The Kier molecular flexibility index (Phi) is 2.88. The van der Waals surface area contributed by atoms with E-state index in [1.165, 1.54) is 0 Å². The van der Waals surface area contributed by atoms with Gasteiger partial charge in [-0.1, -0.05) is 30.3 Å². The Morgan fingerprint density at radius 1 is 1.09 bits per heavy atom. The van der Waals surface area contributed by atoms with Gasteiger partial charge in [-0.05, 0) is 40.1 Å². The second-order valence-electron chi connectivity index (χ2n) is 5.29. The van der Waals surface area contributed by atoms with Gasteiger partial charge in [-0.15, -0.1) is 0 Å². The molecule has 0 saturated heterocycles. The number of imidazole rings is 1. The monoisotopic (exact) mass is 307 g/mol. The van der Waals surface area contributed by atoms with Crippen molar-refractivity contribution >= 4 is 31.3 Å². The number of nitrogens with one attached hydrogen (secondary N) is 1. The van der Waals surface area contributed by atoms with Crippen LogP contribution >= 0.6 is 9.39 Å². The number of benzene rings is 2. The molecular formula is C17H14N3OP. The summed E-state index contributed by atoms with van der Waals surface area (Å²) in [6, 6.07) is 15.7. The quantitative estimate of drug-likeness (QED) is 0.547. The lowest BCUT2D eigenvalue weighted by Crippen LogP contribution is -2.17. The molecule has 1 unspecified atom stereocenters. The van der Waals surface area contributed by atoms with E-state index >= 15 is 0 Å². The van der Waals surface area contributed by atoms with E-state index in [2.05, 4.69) is 19.4 Å². The number of aryl methyl sites for hydroxylation is 1. The summed E-state index contributed by atoms with van der Waals surface area (Å²) < 4.78 is 1.60. The standard InChI is InChI=1S/C17H14N3OP/c1-10-11-6-2-5-9-14(11)20(22)17(21)15(10)16-18-12-7-3-4-8-13(12)19-16/h2-9H,22H2,1H3,(H,18,19). The maximum absolute atomic E-state index is 12.8. The van der Waals surface area contributed by atoms with E-state index in [9.17, 15) is 4.79 Å². The van der Waals surface area contributed by atoms with Crippen LogP contribution < -0.4 is 5.56 Å². The number of pyridine rings is 1. The lowest BCUT2D eigenvalue weighted by Gasteiger charge is -2.11. The minimum atomic E-state index is -0.0692. The Bertz CT molecular complexity index is 1050. The molecule has 4 rings (SSSR count). The third-order valence-electron chi connectivity index (χ3n) is 4.00. The fourth-order valence-corrected chi connectivity index (χ4v) is 3.23. The summed E-state index contributed by atoms with van der Waals surface area (Å²) in [5, 5.41) is 1.05. The smallest absolute Gasteiger partial charge is 0.265 e. The second kappa shape index (κ2) is 4.79. The highest BCUT2D eigenvalue weighted by atomic mass is 31.0. The average molecular weight is 307 g/mol. The molecule has 0 bridgehead atoms. The van der Waals surface area contributed by atoms with Crippen LogP contribution in [0.25, 0.3) is 33.3 Å². The van der Waals surface area contributed by atoms with E-state index in [1.807, 2.05) is 55.5 Å². The topological polar surface area (TPSA) is 50.7 Å². The molecule has 2 aromatic heterocycles. The normalized spacial score (nSPS) is 11.4. The van der Waals surface area contributed by atoms with Gasteiger partial charge in [0.2, 0.25) is 0 Å². The van der Waals surface area contributed by atoms with E-state index in [-0.39, 0.29) is 5.56 Å². The van der Waals surface area contributed by atoms with Crippen molar-refractivity contribution in [3.63, 3.8) is 0 Å². The zero-order valence-corrected chi connectivity index (χ0v) is 13.2. The predicted molar refractivity (Wildman–Crippen MR) is 93.1 cm³/mol. The van der Waals surface area contributed by atoms with Crippen LogP contribution in [0, 0.1) is 6.92 Å². The van der Waals surface area contributed by atoms with Crippen molar-refractivity contribution in [1.29, 1.82) is 0 Å². The molecule has 4 aromatic rings. The van der Waals surface area contributed by atoms with Crippen LogP contribution in [0.4, 0.5) is 0 Å². The Labute approximate surface area is 129 Å². The molecule has 0 amide bonds. The molecule has 4 nitrogen and oxygen atoms in total. The third-order valence-corrected chi connectivity index (χ3v) is 4.51. The fraction of sp³-hybridized carbons (Fsp3) is 0.0588. The number of aromatic amines is 1. The Hall–Kier alpha value is -2.45. The molecule has 0 fully saturated rings. The van der Waals surface area contributed by atoms with Crippen LogP contribution in [0.1, 0.15) is 5.56 Å². The molecule has 22 heavy (non-hydrogen) atoms. The van der Waals surface area contributed by atoms with Crippen LogP contribution in [-0.2, 0) is 0 Å². The van der Waals surface area contributed by atoms with E-state index in [1.54, 1.807) is 4.34 Å². The van der Waals surface area contributed by atoms with Gasteiger partial charge in [0.25, 0.3) is 5.56 Å².